The quantitative estimate of drug-likeness (QED) is 0.302. The third kappa shape index (κ3) is 4.68. The van der Waals surface area contributed by atoms with Crippen molar-refractivity contribution in [3.63, 3.8) is 0 Å². The number of nitrogens with one attached hydrogen (secondary N) is 1. The lowest BCUT2D eigenvalue weighted by molar-refractivity contribution is 0.912. The zero-order chi connectivity index (χ0) is 17.9. The van der Waals surface area contributed by atoms with Crippen LogP contribution in [0.1, 0.15) is 28.1 Å². The Morgan fingerprint density at radius 1 is 1.15 bits per heavy atom. The number of guanidine groups is 1. The number of hydrogen-bond acceptors (Lipinski definition) is 3. The van der Waals surface area contributed by atoms with Crippen LogP contribution in [0, 0.1) is 6.92 Å². The molecule has 1 aliphatic carbocycles. The van der Waals surface area contributed by atoms with Gasteiger partial charge in [-0.2, -0.15) is 0 Å². The smallest absolute Gasteiger partial charge is 0.193 e. The first kappa shape index (κ1) is 19.8. The fourth-order valence-corrected chi connectivity index (χ4v) is 4.27. The van der Waals surface area contributed by atoms with Crippen molar-refractivity contribution in [2.75, 3.05) is 5.32 Å². The van der Waals surface area contributed by atoms with Gasteiger partial charge < -0.3 is 11.1 Å². The van der Waals surface area contributed by atoms with Crippen LogP contribution in [0.15, 0.2) is 53.5 Å². The molecule has 3 aromatic rings. The van der Waals surface area contributed by atoms with Crippen molar-refractivity contribution in [2.45, 2.75) is 32.7 Å². The zero-order valence-corrected chi connectivity index (χ0v) is 18.4. The molecule has 1 aromatic heterocycles. The van der Waals surface area contributed by atoms with Gasteiger partial charge in [-0.15, -0.1) is 35.3 Å². The lowest BCUT2D eigenvalue weighted by atomic mass is 10.1. The maximum absolute atomic E-state index is 6.09. The largest absolute Gasteiger partial charge is 0.370 e. The standard InChI is InChI=1S/C21H22N4S.HI/c1-14-19(26-20(24-14)16-6-3-2-4-7-16)13-23-21(22)25-18-11-10-15-8-5-9-17(15)12-18;/h2-4,6-7,10-12H,5,8-9,13H2,1H3,(H3,22,23,25);1H. The molecule has 0 bridgehead atoms. The van der Waals surface area contributed by atoms with E-state index in [1.807, 2.05) is 25.1 Å². The molecule has 1 heterocycles. The summed E-state index contributed by atoms with van der Waals surface area (Å²) in [4.78, 5) is 10.3. The van der Waals surface area contributed by atoms with E-state index in [9.17, 15) is 0 Å². The van der Waals surface area contributed by atoms with E-state index in [1.54, 1.807) is 11.3 Å². The van der Waals surface area contributed by atoms with Gasteiger partial charge in [0.15, 0.2) is 5.96 Å². The average molecular weight is 490 g/mol. The summed E-state index contributed by atoms with van der Waals surface area (Å²) in [5.74, 6) is 0.442. The predicted octanol–water partition coefficient (Wildman–Crippen LogP) is 5.15. The molecular formula is C21H23IN4S. The van der Waals surface area contributed by atoms with Crippen molar-refractivity contribution >= 4 is 47.0 Å². The molecule has 3 N–H and O–H groups in total. The molecule has 0 aliphatic heterocycles. The number of fused-ring (bicyclic) bond motifs is 1. The minimum atomic E-state index is 0. The number of benzene rings is 2. The van der Waals surface area contributed by atoms with E-state index < -0.39 is 0 Å². The second kappa shape index (κ2) is 8.84. The number of aromatic nitrogens is 1. The highest BCUT2D eigenvalue weighted by Gasteiger charge is 2.11. The number of thiazole rings is 1. The normalized spacial score (nSPS) is 13.1. The Hall–Kier alpha value is -1.93. The maximum atomic E-state index is 6.09. The molecule has 27 heavy (non-hydrogen) atoms. The fraction of sp³-hybridized carbons (Fsp3) is 0.238. The molecule has 6 heteroatoms. The third-order valence-corrected chi connectivity index (χ3v) is 5.87. The monoisotopic (exact) mass is 490 g/mol. The topological polar surface area (TPSA) is 63.3 Å². The van der Waals surface area contributed by atoms with Gasteiger partial charge in [-0.25, -0.2) is 9.98 Å². The van der Waals surface area contributed by atoms with Gasteiger partial charge in [-0.3, -0.25) is 0 Å². The molecule has 140 valence electrons. The van der Waals surface area contributed by atoms with Crippen molar-refractivity contribution in [1.29, 1.82) is 0 Å². The lowest BCUT2D eigenvalue weighted by Gasteiger charge is -2.07. The Morgan fingerprint density at radius 3 is 2.74 bits per heavy atom. The van der Waals surface area contributed by atoms with E-state index >= 15 is 0 Å². The number of aliphatic imine (C=N–C) groups is 1. The highest BCUT2D eigenvalue weighted by atomic mass is 127. The van der Waals surface area contributed by atoms with Crippen molar-refractivity contribution in [3.05, 3.63) is 70.2 Å². The molecule has 0 spiro atoms. The third-order valence-electron chi connectivity index (χ3n) is 4.68. The summed E-state index contributed by atoms with van der Waals surface area (Å²) in [6, 6.07) is 16.7. The molecule has 0 atom stereocenters. The number of rotatable bonds is 4. The second-order valence-corrected chi connectivity index (χ2v) is 7.64. The summed E-state index contributed by atoms with van der Waals surface area (Å²) < 4.78 is 0. The van der Waals surface area contributed by atoms with Gasteiger partial charge in [-0.05, 0) is 49.4 Å². The highest BCUT2D eigenvalue weighted by Crippen LogP contribution is 2.28. The highest BCUT2D eigenvalue weighted by molar-refractivity contribution is 14.0. The second-order valence-electron chi connectivity index (χ2n) is 6.56. The molecule has 4 rings (SSSR count). The van der Waals surface area contributed by atoms with Gasteiger partial charge in [0.1, 0.15) is 5.01 Å². The van der Waals surface area contributed by atoms with Crippen LogP contribution in [-0.2, 0) is 19.4 Å². The first-order chi connectivity index (χ1) is 12.7. The molecule has 2 aromatic carbocycles. The molecule has 0 amide bonds. The lowest BCUT2D eigenvalue weighted by Crippen LogP contribution is -2.22. The molecular weight excluding hydrogens is 467 g/mol. The summed E-state index contributed by atoms with van der Waals surface area (Å²) in [5, 5.41) is 4.24. The van der Waals surface area contributed by atoms with Crippen molar-refractivity contribution in [2.24, 2.45) is 10.7 Å². The molecule has 0 radical (unpaired) electrons. The number of anilines is 1. The average Bonchev–Trinajstić information content (AvgIpc) is 3.27. The van der Waals surface area contributed by atoms with Crippen LogP contribution in [0.2, 0.25) is 0 Å². The number of nitrogens with zero attached hydrogens (tertiary/aromatic N) is 2. The van der Waals surface area contributed by atoms with Crippen LogP contribution in [0.4, 0.5) is 5.69 Å². The Bertz CT molecular complexity index is 950. The molecule has 4 nitrogen and oxygen atoms in total. The number of halogens is 1. The van der Waals surface area contributed by atoms with Crippen molar-refractivity contribution in [1.82, 2.24) is 4.98 Å². The van der Waals surface area contributed by atoms with Crippen LogP contribution in [0.3, 0.4) is 0 Å². The number of aryl methyl sites for hydroxylation is 3. The summed E-state index contributed by atoms with van der Waals surface area (Å²) in [6.45, 7) is 2.57. The van der Waals surface area contributed by atoms with Crippen molar-refractivity contribution < 1.29 is 0 Å². The summed E-state index contributed by atoms with van der Waals surface area (Å²) in [6.07, 6.45) is 3.59. The van der Waals surface area contributed by atoms with Crippen LogP contribution < -0.4 is 11.1 Å². The van der Waals surface area contributed by atoms with Crippen LogP contribution >= 0.6 is 35.3 Å². The van der Waals surface area contributed by atoms with Gasteiger partial charge in [0.2, 0.25) is 0 Å². The summed E-state index contributed by atoms with van der Waals surface area (Å²) in [5.41, 5.74) is 12.1. The zero-order valence-electron chi connectivity index (χ0n) is 15.2. The summed E-state index contributed by atoms with van der Waals surface area (Å²) >= 11 is 1.68. The fourth-order valence-electron chi connectivity index (χ4n) is 3.27. The number of hydrogen-bond donors (Lipinski definition) is 2. The van der Waals surface area contributed by atoms with E-state index in [4.69, 9.17) is 5.73 Å². The molecule has 0 saturated heterocycles. The van der Waals surface area contributed by atoms with Crippen LogP contribution in [-0.4, -0.2) is 10.9 Å². The van der Waals surface area contributed by atoms with Crippen LogP contribution in [0.25, 0.3) is 10.6 Å². The molecule has 1 aliphatic rings. The maximum Gasteiger partial charge on any atom is 0.193 e. The van der Waals surface area contributed by atoms with Gasteiger partial charge >= 0.3 is 0 Å². The molecule has 0 fully saturated rings. The van der Waals surface area contributed by atoms with E-state index in [0.717, 1.165) is 33.3 Å². The Morgan fingerprint density at radius 2 is 1.93 bits per heavy atom. The Labute approximate surface area is 181 Å². The van der Waals surface area contributed by atoms with Crippen LogP contribution in [0.5, 0.6) is 0 Å². The predicted molar refractivity (Wildman–Crippen MR) is 125 cm³/mol. The van der Waals surface area contributed by atoms with Gasteiger partial charge in [0, 0.05) is 16.1 Å². The molecule has 0 unspecified atom stereocenters. The summed E-state index contributed by atoms with van der Waals surface area (Å²) in [7, 11) is 0. The Kier molecular flexibility index (Phi) is 6.49. The van der Waals surface area contributed by atoms with Gasteiger partial charge in [0.05, 0.1) is 12.2 Å². The Balaban J connectivity index is 0.00000210. The van der Waals surface area contributed by atoms with E-state index in [2.05, 4.69) is 45.6 Å². The van der Waals surface area contributed by atoms with E-state index in [0.29, 0.717) is 12.5 Å². The number of nitrogens with two attached hydrogens (primary N) is 1. The molecule has 0 saturated carbocycles. The first-order valence-electron chi connectivity index (χ1n) is 8.89. The SMILES string of the molecule is Cc1nc(-c2ccccc2)sc1CN=C(N)Nc1ccc2c(c1)CCC2.I. The van der Waals surface area contributed by atoms with E-state index in [-0.39, 0.29) is 24.0 Å². The minimum absolute atomic E-state index is 0. The minimum Gasteiger partial charge on any atom is -0.370 e. The van der Waals surface area contributed by atoms with Gasteiger partial charge in [-0.1, -0.05) is 36.4 Å². The van der Waals surface area contributed by atoms with E-state index in [1.165, 1.54) is 24.0 Å². The first-order valence-corrected chi connectivity index (χ1v) is 9.71. The van der Waals surface area contributed by atoms with Crippen molar-refractivity contribution in [3.8, 4) is 10.6 Å². The van der Waals surface area contributed by atoms with Gasteiger partial charge in [0.25, 0.3) is 0 Å².